The first kappa shape index (κ1) is 17.9. The van der Waals surface area contributed by atoms with Crippen molar-refractivity contribution in [3.05, 3.63) is 36.7 Å². The van der Waals surface area contributed by atoms with Crippen LogP contribution in [0.25, 0.3) is 0 Å². The Morgan fingerprint density at radius 2 is 2.25 bits per heavy atom. The Labute approximate surface area is 140 Å². The summed E-state index contributed by atoms with van der Waals surface area (Å²) in [6, 6.07) is 3.30. The van der Waals surface area contributed by atoms with Crippen LogP contribution in [0.3, 0.4) is 0 Å². The molecule has 1 amide bonds. The van der Waals surface area contributed by atoms with Crippen molar-refractivity contribution in [2.45, 2.75) is 12.8 Å². The quantitative estimate of drug-likeness (QED) is 0.699. The van der Waals surface area contributed by atoms with Crippen LogP contribution in [-0.4, -0.2) is 48.3 Å². The third kappa shape index (κ3) is 4.79. The maximum Gasteiger partial charge on any atom is 0.308 e. The molecule has 1 aromatic heterocycles. The number of ether oxygens (including phenoxy) is 2. The molecule has 0 bridgehead atoms. The van der Waals surface area contributed by atoms with E-state index < -0.39 is 17.8 Å². The van der Waals surface area contributed by atoms with E-state index in [1.165, 1.54) is 6.20 Å². The van der Waals surface area contributed by atoms with Crippen molar-refractivity contribution in [3.8, 4) is 5.75 Å². The normalized spacial score (nSPS) is 16.2. The number of hydrogen-bond donors (Lipinski definition) is 2. The lowest BCUT2D eigenvalue weighted by molar-refractivity contribution is -0.144. The molecule has 1 aliphatic rings. The Morgan fingerprint density at radius 3 is 2.92 bits per heavy atom. The number of carbonyl (C=O) groups excluding carboxylic acids is 1. The molecule has 130 valence electrons. The molecule has 0 spiro atoms. The van der Waals surface area contributed by atoms with Gasteiger partial charge in [-0.25, -0.2) is 4.98 Å². The van der Waals surface area contributed by atoms with E-state index >= 15 is 0 Å². The average Bonchev–Trinajstić information content (AvgIpc) is 2.61. The van der Waals surface area contributed by atoms with Gasteiger partial charge in [-0.2, -0.15) is 0 Å². The summed E-state index contributed by atoms with van der Waals surface area (Å²) in [5.74, 6) is -1.66. The van der Waals surface area contributed by atoms with Crippen LogP contribution in [0.5, 0.6) is 5.75 Å². The van der Waals surface area contributed by atoms with Crippen molar-refractivity contribution >= 4 is 11.9 Å². The van der Waals surface area contributed by atoms with E-state index in [1.807, 2.05) is 0 Å². The van der Waals surface area contributed by atoms with Gasteiger partial charge in [-0.05, 0) is 30.9 Å². The number of carbonyl (C=O) groups is 2. The van der Waals surface area contributed by atoms with Gasteiger partial charge in [0.2, 0.25) is 0 Å². The van der Waals surface area contributed by atoms with Gasteiger partial charge in [-0.15, -0.1) is 0 Å². The van der Waals surface area contributed by atoms with Crippen LogP contribution < -0.4 is 10.1 Å². The molecule has 24 heavy (non-hydrogen) atoms. The average molecular weight is 334 g/mol. The summed E-state index contributed by atoms with van der Waals surface area (Å²) in [5, 5.41) is 12.1. The van der Waals surface area contributed by atoms with E-state index in [4.69, 9.17) is 9.47 Å². The highest BCUT2D eigenvalue weighted by Crippen LogP contribution is 2.24. The minimum atomic E-state index is -0.911. The molecular formula is C17H22N2O5. The molecule has 7 heteroatoms. The Balaban J connectivity index is 2.00. The van der Waals surface area contributed by atoms with E-state index in [-0.39, 0.29) is 24.8 Å². The number of nitrogens with one attached hydrogen (secondary N) is 1. The number of nitrogens with zero attached hydrogens (tertiary/aromatic N) is 1. The number of pyridine rings is 1. The van der Waals surface area contributed by atoms with Crippen LogP contribution in [0.15, 0.2) is 31.0 Å². The van der Waals surface area contributed by atoms with Crippen molar-refractivity contribution in [2.24, 2.45) is 11.8 Å². The van der Waals surface area contributed by atoms with Crippen molar-refractivity contribution < 1.29 is 24.2 Å². The Kier molecular flexibility index (Phi) is 6.74. The van der Waals surface area contributed by atoms with Gasteiger partial charge in [0.15, 0.2) is 11.4 Å². The second-order valence-corrected chi connectivity index (χ2v) is 5.55. The molecular weight excluding hydrogens is 312 g/mol. The van der Waals surface area contributed by atoms with Gasteiger partial charge in [-0.3, -0.25) is 9.59 Å². The highest BCUT2D eigenvalue weighted by molar-refractivity contribution is 5.95. The fourth-order valence-corrected chi connectivity index (χ4v) is 2.69. The summed E-state index contributed by atoms with van der Waals surface area (Å²) >= 11 is 0. The van der Waals surface area contributed by atoms with Crippen LogP contribution >= 0.6 is 0 Å². The highest BCUT2D eigenvalue weighted by Gasteiger charge is 2.30. The second-order valence-electron chi connectivity index (χ2n) is 5.55. The summed E-state index contributed by atoms with van der Waals surface area (Å²) < 4.78 is 10.7. The van der Waals surface area contributed by atoms with Crippen LogP contribution in [0.4, 0.5) is 0 Å². The lowest BCUT2D eigenvalue weighted by Crippen LogP contribution is -2.39. The number of hydrogen-bond acceptors (Lipinski definition) is 5. The van der Waals surface area contributed by atoms with Crippen molar-refractivity contribution in [3.63, 3.8) is 0 Å². The standard InChI is InChI=1S/C17H22N2O5/c1-2-8-24-14-4-3-7-18-15(14)16(20)19-11-13(17(21)22)12-5-9-23-10-6-12/h2-4,7,12-13H,1,5-6,8-11H2,(H,19,20)(H,21,22). The van der Waals surface area contributed by atoms with Gasteiger partial charge in [0, 0.05) is 26.0 Å². The number of carboxylic acid groups (broad SMARTS) is 1. The Hall–Kier alpha value is -2.41. The fraction of sp³-hybridized carbons (Fsp3) is 0.471. The van der Waals surface area contributed by atoms with E-state index in [1.54, 1.807) is 18.2 Å². The molecule has 1 aromatic rings. The van der Waals surface area contributed by atoms with E-state index in [9.17, 15) is 14.7 Å². The maximum absolute atomic E-state index is 12.3. The van der Waals surface area contributed by atoms with E-state index in [2.05, 4.69) is 16.9 Å². The molecule has 0 aliphatic carbocycles. The molecule has 1 atom stereocenters. The summed E-state index contributed by atoms with van der Waals surface area (Å²) in [4.78, 5) is 27.9. The van der Waals surface area contributed by atoms with Crippen LogP contribution in [-0.2, 0) is 9.53 Å². The van der Waals surface area contributed by atoms with Crippen molar-refractivity contribution in [2.75, 3.05) is 26.4 Å². The zero-order valence-electron chi connectivity index (χ0n) is 13.4. The van der Waals surface area contributed by atoms with Gasteiger partial charge in [-0.1, -0.05) is 12.7 Å². The molecule has 1 aliphatic heterocycles. The molecule has 2 heterocycles. The van der Waals surface area contributed by atoms with Gasteiger partial charge >= 0.3 is 5.97 Å². The number of rotatable bonds is 8. The van der Waals surface area contributed by atoms with E-state index in [0.717, 1.165) is 0 Å². The SMILES string of the molecule is C=CCOc1cccnc1C(=O)NCC(C(=O)O)C1CCOCC1. The summed E-state index contributed by atoms with van der Waals surface area (Å²) in [6.45, 7) is 4.98. The van der Waals surface area contributed by atoms with Crippen LogP contribution in [0.2, 0.25) is 0 Å². The summed E-state index contributed by atoms with van der Waals surface area (Å²) in [6.07, 6.45) is 4.43. The van der Waals surface area contributed by atoms with Crippen LogP contribution in [0, 0.1) is 11.8 Å². The molecule has 2 N–H and O–H groups in total. The number of carboxylic acids is 1. The van der Waals surface area contributed by atoms with Gasteiger partial charge in [0.25, 0.3) is 5.91 Å². The predicted molar refractivity (Wildman–Crippen MR) is 86.9 cm³/mol. The zero-order valence-corrected chi connectivity index (χ0v) is 13.4. The number of aliphatic carboxylic acids is 1. The first-order chi connectivity index (χ1) is 11.6. The maximum atomic E-state index is 12.3. The predicted octanol–water partition coefficient (Wildman–Crippen LogP) is 1.50. The Bertz CT molecular complexity index is 584. The largest absolute Gasteiger partial charge is 0.487 e. The Morgan fingerprint density at radius 1 is 1.50 bits per heavy atom. The second kappa shape index (κ2) is 9.02. The zero-order chi connectivity index (χ0) is 17.4. The fourth-order valence-electron chi connectivity index (χ4n) is 2.69. The lowest BCUT2D eigenvalue weighted by Gasteiger charge is -2.27. The van der Waals surface area contributed by atoms with Crippen LogP contribution in [0.1, 0.15) is 23.3 Å². The van der Waals surface area contributed by atoms with Crippen molar-refractivity contribution in [1.29, 1.82) is 0 Å². The minimum Gasteiger partial charge on any atom is -0.487 e. The molecule has 0 aromatic carbocycles. The first-order valence-corrected chi connectivity index (χ1v) is 7.91. The van der Waals surface area contributed by atoms with Gasteiger partial charge in [0.05, 0.1) is 5.92 Å². The number of amides is 1. The summed E-state index contributed by atoms with van der Waals surface area (Å²) in [5.41, 5.74) is 0.135. The molecule has 1 unspecified atom stereocenters. The third-order valence-electron chi connectivity index (χ3n) is 3.98. The smallest absolute Gasteiger partial charge is 0.308 e. The van der Waals surface area contributed by atoms with Gasteiger partial charge < -0.3 is 19.9 Å². The molecule has 1 saturated heterocycles. The molecule has 7 nitrogen and oxygen atoms in total. The third-order valence-corrected chi connectivity index (χ3v) is 3.98. The van der Waals surface area contributed by atoms with Gasteiger partial charge in [0.1, 0.15) is 6.61 Å². The topological polar surface area (TPSA) is 97.8 Å². The van der Waals surface area contributed by atoms with Crippen molar-refractivity contribution in [1.82, 2.24) is 10.3 Å². The molecule has 0 radical (unpaired) electrons. The highest BCUT2D eigenvalue weighted by atomic mass is 16.5. The lowest BCUT2D eigenvalue weighted by atomic mass is 9.86. The first-order valence-electron chi connectivity index (χ1n) is 7.91. The number of aromatic nitrogens is 1. The minimum absolute atomic E-state index is 0.00299. The molecule has 1 fully saturated rings. The van der Waals surface area contributed by atoms with E-state index in [0.29, 0.717) is 31.8 Å². The monoisotopic (exact) mass is 334 g/mol. The molecule has 2 rings (SSSR count). The summed E-state index contributed by atoms with van der Waals surface area (Å²) in [7, 11) is 0. The molecule has 0 saturated carbocycles.